The molecule has 2 aromatic rings. The average molecular weight is 387 g/mol. The fourth-order valence-electron chi connectivity index (χ4n) is 3.31. The fourth-order valence-corrected chi connectivity index (χ4v) is 3.31. The number of aliphatic imine (C=N–C) groups is 1. The monoisotopic (exact) mass is 387 g/mol. The first kappa shape index (κ1) is 20.1. The Hall–Kier alpha value is -2.67. The Labute approximate surface area is 165 Å². The molecule has 0 spiro atoms. The van der Waals surface area contributed by atoms with Crippen molar-refractivity contribution in [2.24, 2.45) is 10.7 Å². The van der Waals surface area contributed by atoms with Gasteiger partial charge < -0.3 is 20.4 Å². The molecule has 0 unspecified atom stereocenters. The smallest absolute Gasteiger partial charge is 0.191 e. The number of hydrogen-bond acceptors (Lipinski definition) is 3. The molecule has 28 heavy (non-hydrogen) atoms. The van der Waals surface area contributed by atoms with E-state index in [-0.39, 0.29) is 11.6 Å². The standard InChI is InChI=1S/C21H27F2N5/c1-26(2)15-17-13-16(3-8-20(17)23)14-25-21(24)28-11-9-27(10-12-28)19-6-4-18(22)5-7-19/h3-8,13H,9-12,14-15H2,1-2H3,(H2,24,25). The molecule has 5 nitrogen and oxygen atoms in total. The van der Waals surface area contributed by atoms with Crippen LogP contribution in [0.2, 0.25) is 0 Å². The van der Waals surface area contributed by atoms with Crippen LogP contribution < -0.4 is 10.6 Å². The molecular formula is C21H27F2N5. The number of halogens is 2. The summed E-state index contributed by atoms with van der Waals surface area (Å²) in [7, 11) is 3.82. The average Bonchev–Trinajstić information content (AvgIpc) is 2.69. The minimum Gasteiger partial charge on any atom is -0.370 e. The van der Waals surface area contributed by atoms with Crippen LogP contribution >= 0.6 is 0 Å². The lowest BCUT2D eigenvalue weighted by atomic mass is 10.1. The van der Waals surface area contributed by atoms with Gasteiger partial charge in [0.25, 0.3) is 0 Å². The predicted molar refractivity (Wildman–Crippen MR) is 109 cm³/mol. The summed E-state index contributed by atoms with van der Waals surface area (Å²) < 4.78 is 27.0. The first-order chi connectivity index (χ1) is 13.4. The largest absolute Gasteiger partial charge is 0.370 e. The van der Waals surface area contributed by atoms with Crippen molar-refractivity contribution < 1.29 is 8.78 Å². The van der Waals surface area contributed by atoms with Crippen molar-refractivity contribution in [2.45, 2.75) is 13.1 Å². The van der Waals surface area contributed by atoms with E-state index in [4.69, 9.17) is 5.73 Å². The minimum atomic E-state index is -0.228. The van der Waals surface area contributed by atoms with Crippen molar-refractivity contribution >= 4 is 11.6 Å². The van der Waals surface area contributed by atoms with E-state index in [9.17, 15) is 8.78 Å². The second kappa shape index (κ2) is 9.01. The van der Waals surface area contributed by atoms with E-state index in [1.165, 1.54) is 18.2 Å². The van der Waals surface area contributed by atoms with Gasteiger partial charge in [0, 0.05) is 44.0 Å². The Morgan fingerprint density at radius 1 is 1.04 bits per heavy atom. The van der Waals surface area contributed by atoms with E-state index in [0.717, 1.165) is 37.4 Å². The second-order valence-electron chi connectivity index (χ2n) is 7.29. The summed E-state index contributed by atoms with van der Waals surface area (Å²) in [5, 5.41) is 0. The summed E-state index contributed by atoms with van der Waals surface area (Å²) in [5.41, 5.74) is 8.78. The second-order valence-corrected chi connectivity index (χ2v) is 7.29. The van der Waals surface area contributed by atoms with Crippen LogP contribution in [-0.2, 0) is 13.1 Å². The van der Waals surface area contributed by atoms with Gasteiger partial charge in [-0.2, -0.15) is 0 Å². The van der Waals surface area contributed by atoms with E-state index >= 15 is 0 Å². The van der Waals surface area contributed by atoms with Crippen molar-refractivity contribution in [2.75, 3.05) is 45.2 Å². The maximum absolute atomic E-state index is 13.9. The summed E-state index contributed by atoms with van der Waals surface area (Å²) in [6.07, 6.45) is 0. The Bertz CT molecular complexity index is 812. The van der Waals surface area contributed by atoms with Gasteiger partial charge in [-0.15, -0.1) is 0 Å². The van der Waals surface area contributed by atoms with Crippen LogP contribution in [0.1, 0.15) is 11.1 Å². The van der Waals surface area contributed by atoms with Gasteiger partial charge in [0.05, 0.1) is 6.54 Å². The van der Waals surface area contributed by atoms with Crippen molar-refractivity contribution in [1.82, 2.24) is 9.80 Å². The number of benzene rings is 2. The summed E-state index contributed by atoms with van der Waals surface area (Å²) >= 11 is 0. The van der Waals surface area contributed by atoms with Crippen LogP contribution in [0.15, 0.2) is 47.5 Å². The van der Waals surface area contributed by atoms with Crippen molar-refractivity contribution in [1.29, 1.82) is 0 Å². The van der Waals surface area contributed by atoms with E-state index in [2.05, 4.69) is 9.89 Å². The molecule has 1 saturated heterocycles. The number of hydrogen-bond donors (Lipinski definition) is 1. The van der Waals surface area contributed by atoms with Crippen LogP contribution in [0.25, 0.3) is 0 Å². The highest BCUT2D eigenvalue weighted by molar-refractivity contribution is 5.78. The lowest BCUT2D eigenvalue weighted by Crippen LogP contribution is -2.51. The zero-order valence-electron chi connectivity index (χ0n) is 16.4. The Morgan fingerprint density at radius 3 is 2.36 bits per heavy atom. The van der Waals surface area contributed by atoms with Crippen molar-refractivity contribution in [3.63, 3.8) is 0 Å². The first-order valence-corrected chi connectivity index (χ1v) is 9.40. The number of nitrogens with two attached hydrogens (primary N) is 1. The van der Waals surface area contributed by atoms with Crippen LogP contribution in [-0.4, -0.2) is 56.0 Å². The molecule has 1 heterocycles. The van der Waals surface area contributed by atoms with E-state index in [1.54, 1.807) is 18.2 Å². The normalized spacial score (nSPS) is 15.4. The zero-order chi connectivity index (χ0) is 20.1. The highest BCUT2D eigenvalue weighted by Gasteiger charge is 2.18. The van der Waals surface area contributed by atoms with Crippen molar-refractivity contribution in [3.8, 4) is 0 Å². The zero-order valence-corrected chi connectivity index (χ0v) is 16.4. The number of anilines is 1. The molecule has 1 aliphatic rings. The van der Waals surface area contributed by atoms with E-state index < -0.39 is 0 Å². The molecule has 1 aliphatic heterocycles. The minimum absolute atomic E-state index is 0.202. The van der Waals surface area contributed by atoms with Gasteiger partial charge in [0.2, 0.25) is 0 Å². The number of nitrogens with zero attached hydrogens (tertiary/aromatic N) is 4. The van der Waals surface area contributed by atoms with Gasteiger partial charge in [-0.25, -0.2) is 13.8 Å². The number of guanidine groups is 1. The summed E-state index contributed by atoms with van der Waals surface area (Å²) in [4.78, 5) is 10.7. The molecule has 1 fully saturated rings. The molecule has 3 rings (SSSR count). The molecule has 0 amide bonds. The van der Waals surface area contributed by atoms with Crippen molar-refractivity contribution in [3.05, 3.63) is 65.2 Å². The topological polar surface area (TPSA) is 48.1 Å². The third-order valence-corrected chi connectivity index (χ3v) is 4.82. The maximum Gasteiger partial charge on any atom is 0.191 e. The van der Waals surface area contributed by atoms with Crippen LogP contribution in [0.5, 0.6) is 0 Å². The molecular weight excluding hydrogens is 360 g/mol. The van der Waals surface area contributed by atoms with Gasteiger partial charge in [0.1, 0.15) is 11.6 Å². The Morgan fingerprint density at radius 2 is 1.71 bits per heavy atom. The molecule has 7 heteroatoms. The lowest BCUT2D eigenvalue weighted by Gasteiger charge is -2.36. The Kier molecular flexibility index (Phi) is 6.46. The van der Waals surface area contributed by atoms with Gasteiger partial charge in [-0.1, -0.05) is 6.07 Å². The SMILES string of the molecule is CN(C)Cc1cc(CN=C(N)N2CCN(c3ccc(F)cc3)CC2)ccc1F. The van der Waals surface area contributed by atoms with Gasteiger partial charge in [-0.3, -0.25) is 0 Å². The summed E-state index contributed by atoms with van der Waals surface area (Å²) in [6.45, 7) is 4.07. The molecule has 0 radical (unpaired) electrons. The maximum atomic E-state index is 13.9. The molecule has 2 aromatic carbocycles. The molecule has 0 aliphatic carbocycles. The molecule has 0 atom stereocenters. The molecule has 150 valence electrons. The number of rotatable bonds is 5. The van der Waals surface area contributed by atoms with Crippen LogP contribution in [0.3, 0.4) is 0 Å². The predicted octanol–water partition coefficient (Wildman–Crippen LogP) is 2.66. The van der Waals surface area contributed by atoms with Crippen LogP contribution in [0, 0.1) is 11.6 Å². The summed E-state index contributed by atoms with van der Waals surface area (Å²) in [6, 6.07) is 11.6. The highest BCUT2D eigenvalue weighted by atomic mass is 19.1. The highest BCUT2D eigenvalue weighted by Crippen LogP contribution is 2.17. The first-order valence-electron chi connectivity index (χ1n) is 9.40. The van der Waals surface area contributed by atoms with Crippen LogP contribution in [0.4, 0.5) is 14.5 Å². The van der Waals surface area contributed by atoms with E-state index in [1.807, 2.05) is 30.0 Å². The molecule has 0 aromatic heterocycles. The molecule has 0 saturated carbocycles. The summed E-state index contributed by atoms with van der Waals surface area (Å²) in [5.74, 6) is 0.0665. The Balaban J connectivity index is 1.57. The molecule has 0 bridgehead atoms. The van der Waals surface area contributed by atoms with E-state index in [0.29, 0.717) is 24.6 Å². The van der Waals surface area contributed by atoms with Gasteiger partial charge >= 0.3 is 0 Å². The number of piperazine rings is 1. The third-order valence-electron chi connectivity index (χ3n) is 4.82. The molecule has 2 N–H and O–H groups in total. The lowest BCUT2D eigenvalue weighted by molar-refractivity contribution is 0.380. The van der Waals surface area contributed by atoms with Gasteiger partial charge in [0.15, 0.2) is 5.96 Å². The fraction of sp³-hybridized carbons (Fsp3) is 0.381. The quantitative estimate of drug-likeness (QED) is 0.633. The van der Waals surface area contributed by atoms with Gasteiger partial charge in [-0.05, 0) is 56.1 Å². The third kappa shape index (κ3) is 5.19.